The van der Waals surface area contributed by atoms with E-state index in [1.165, 1.54) is 18.2 Å². The summed E-state index contributed by atoms with van der Waals surface area (Å²) in [5.41, 5.74) is 2.70. The number of benzene rings is 2. The summed E-state index contributed by atoms with van der Waals surface area (Å²) in [6.45, 7) is 3.78. The third kappa shape index (κ3) is 3.54. The Morgan fingerprint density at radius 1 is 1.10 bits per heavy atom. The van der Waals surface area contributed by atoms with E-state index in [2.05, 4.69) is 4.72 Å². The molecular formula is C15H13ClN2O2S. The first-order chi connectivity index (χ1) is 9.81. The molecule has 4 nitrogen and oxygen atoms in total. The standard InChI is InChI=1S/C15H13ClN2O2S/c1-10-5-11(2)7-13(6-10)18-21(19,20)15-4-3-12(9-17)8-14(15)16/h3-8,18H,1-2H3. The molecule has 0 saturated carbocycles. The fourth-order valence-electron chi connectivity index (χ4n) is 2.03. The quantitative estimate of drug-likeness (QED) is 0.938. The van der Waals surface area contributed by atoms with Crippen LogP contribution in [0.5, 0.6) is 0 Å². The van der Waals surface area contributed by atoms with Crippen molar-refractivity contribution in [2.24, 2.45) is 0 Å². The third-order valence-corrected chi connectivity index (χ3v) is 4.69. The molecule has 1 N–H and O–H groups in total. The Hall–Kier alpha value is -2.03. The molecule has 6 heteroatoms. The second-order valence-electron chi connectivity index (χ2n) is 4.74. The second kappa shape index (κ2) is 5.76. The smallest absolute Gasteiger partial charge is 0.263 e. The maximum absolute atomic E-state index is 12.4. The molecule has 0 heterocycles. The van der Waals surface area contributed by atoms with Gasteiger partial charge in [-0.25, -0.2) is 8.42 Å². The molecule has 0 spiro atoms. The molecule has 21 heavy (non-hydrogen) atoms. The Bertz CT molecular complexity index is 819. The van der Waals surface area contributed by atoms with Crippen molar-refractivity contribution >= 4 is 27.3 Å². The van der Waals surface area contributed by atoms with Crippen molar-refractivity contribution in [3.8, 4) is 6.07 Å². The minimum atomic E-state index is -3.79. The van der Waals surface area contributed by atoms with E-state index in [4.69, 9.17) is 16.9 Å². The molecule has 0 bridgehead atoms. The molecule has 2 aromatic carbocycles. The highest BCUT2D eigenvalue weighted by atomic mass is 35.5. The van der Waals surface area contributed by atoms with E-state index in [0.717, 1.165) is 11.1 Å². The summed E-state index contributed by atoms with van der Waals surface area (Å²) < 4.78 is 27.2. The number of anilines is 1. The summed E-state index contributed by atoms with van der Waals surface area (Å²) in [5.74, 6) is 0. The van der Waals surface area contributed by atoms with Gasteiger partial charge in [0, 0.05) is 5.69 Å². The van der Waals surface area contributed by atoms with Crippen molar-refractivity contribution in [3.05, 3.63) is 58.1 Å². The molecule has 108 valence electrons. The fraction of sp³-hybridized carbons (Fsp3) is 0.133. The summed E-state index contributed by atoms with van der Waals surface area (Å²) in [4.78, 5) is -0.0534. The number of rotatable bonds is 3. The van der Waals surface area contributed by atoms with Gasteiger partial charge in [-0.15, -0.1) is 0 Å². The number of halogens is 1. The predicted octanol–water partition coefficient (Wildman–Crippen LogP) is 3.63. The second-order valence-corrected chi connectivity index (χ2v) is 6.80. The lowest BCUT2D eigenvalue weighted by molar-refractivity contribution is 0.601. The van der Waals surface area contributed by atoms with Crippen LogP contribution in [0.3, 0.4) is 0 Å². The average Bonchev–Trinajstić information content (AvgIpc) is 2.36. The molecule has 0 saturated heterocycles. The number of nitrogens with one attached hydrogen (secondary N) is 1. The molecule has 0 radical (unpaired) electrons. The van der Waals surface area contributed by atoms with Gasteiger partial charge >= 0.3 is 0 Å². The normalized spacial score (nSPS) is 11.0. The Balaban J connectivity index is 2.41. The number of hydrogen-bond acceptors (Lipinski definition) is 3. The molecule has 0 amide bonds. The highest BCUT2D eigenvalue weighted by molar-refractivity contribution is 7.92. The lowest BCUT2D eigenvalue weighted by Gasteiger charge is -2.11. The molecule has 0 unspecified atom stereocenters. The van der Waals surface area contributed by atoms with Gasteiger partial charge < -0.3 is 0 Å². The van der Waals surface area contributed by atoms with Gasteiger partial charge in [-0.1, -0.05) is 17.7 Å². The Kier molecular flexibility index (Phi) is 4.21. The SMILES string of the molecule is Cc1cc(C)cc(NS(=O)(=O)c2ccc(C#N)cc2Cl)c1. The lowest BCUT2D eigenvalue weighted by Crippen LogP contribution is -2.13. The molecule has 0 aliphatic rings. The van der Waals surface area contributed by atoms with Crippen LogP contribution in [0.2, 0.25) is 5.02 Å². The fourth-order valence-corrected chi connectivity index (χ4v) is 3.62. The van der Waals surface area contributed by atoms with E-state index in [-0.39, 0.29) is 9.92 Å². The summed E-state index contributed by atoms with van der Waals surface area (Å²) >= 11 is 5.95. The predicted molar refractivity (Wildman–Crippen MR) is 82.9 cm³/mol. The first-order valence-corrected chi connectivity index (χ1v) is 7.99. The first kappa shape index (κ1) is 15.4. The maximum atomic E-state index is 12.4. The largest absolute Gasteiger partial charge is 0.280 e. The zero-order valence-corrected chi connectivity index (χ0v) is 13.1. The van der Waals surface area contributed by atoms with Crippen molar-refractivity contribution in [3.63, 3.8) is 0 Å². The Morgan fingerprint density at radius 3 is 2.24 bits per heavy atom. The van der Waals surface area contributed by atoms with Crippen LogP contribution in [0.1, 0.15) is 16.7 Å². The summed E-state index contributed by atoms with van der Waals surface area (Å²) in [6, 6.07) is 11.4. The highest BCUT2D eigenvalue weighted by Gasteiger charge is 2.18. The van der Waals surface area contributed by atoms with Crippen molar-refractivity contribution < 1.29 is 8.42 Å². The van der Waals surface area contributed by atoms with Crippen LogP contribution in [0.25, 0.3) is 0 Å². The van der Waals surface area contributed by atoms with Gasteiger partial charge in [-0.05, 0) is 55.3 Å². The number of sulfonamides is 1. The lowest BCUT2D eigenvalue weighted by atomic mass is 10.1. The molecule has 0 aromatic heterocycles. The van der Waals surface area contributed by atoms with Crippen LogP contribution in [0, 0.1) is 25.2 Å². The van der Waals surface area contributed by atoms with Gasteiger partial charge in [0.1, 0.15) is 4.90 Å². The van der Waals surface area contributed by atoms with Gasteiger partial charge in [-0.2, -0.15) is 5.26 Å². The van der Waals surface area contributed by atoms with Crippen molar-refractivity contribution in [2.75, 3.05) is 4.72 Å². The van der Waals surface area contributed by atoms with Crippen LogP contribution in [-0.4, -0.2) is 8.42 Å². The van der Waals surface area contributed by atoms with E-state index in [9.17, 15) is 8.42 Å². The summed E-state index contributed by atoms with van der Waals surface area (Å²) in [6.07, 6.45) is 0. The van der Waals surface area contributed by atoms with Crippen molar-refractivity contribution in [2.45, 2.75) is 18.7 Å². The molecule has 0 fully saturated rings. The third-order valence-electron chi connectivity index (χ3n) is 2.82. The summed E-state index contributed by atoms with van der Waals surface area (Å²) in [7, 11) is -3.79. The van der Waals surface area contributed by atoms with E-state index in [1.54, 1.807) is 12.1 Å². The van der Waals surface area contributed by atoms with Gasteiger partial charge in [0.05, 0.1) is 16.7 Å². The zero-order chi connectivity index (χ0) is 15.6. The Morgan fingerprint density at radius 2 is 1.71 bits per heavy atom. The first-order valence-electron chi connectivity index (χ1n) is 6.12. The number of nitrogens with zero attached hydrogens (tertiary/aromatic N) is 1. The van der Waals surface area contributed by atoms with Gasteiger partial charge in [0.15, 0.2) is 0 Å². The monoisotopic (exact) mass is 320 g/mol. The molecule has 2 aromatic rings. The molecule has 2 rings (SSSR count). The van der Waals surface area contributed by atoms with Crippen LogP contribution >= 0.6 is 11.6 Å². The highest BCUT2D eigenvalue weighted by Crippen LogP contribution is 2.25. The summed E-state index contributed by atoms with van der Waals surface area (Å²) in [5, 5.41) is 8.80. The minimum absolute atomic E-state index is 0.0194. The average molecular weight is 321 g/mol. The van der Waals surface area contributed by atoms with Gasteiger partial charge in [-0.3, -0.25) is 4.72 Å². The van der Waals surface area contributed by atoms with E-state index in [1.807, 2.05) is 26.0 Å². The number of hydrogen-bond donors (Lipinski definition) is 1. The Labute approximate surface area is 129 Å². The van der Waals surface area contributed by atoms with Crippen LogP contribution in [0.4, 0.5) is 5.69 Å². The van der Waals surface area contributed by atoms with Crippen molar-refractivity contribution in [1.82, 2.24) is 0 Å². The van der Waals surface area contributed by atoms with Crippen LogP contribution < -0.4 is 4.72 Å². The molecule has 0 aliphatic carbocycles. The van der Waals surface area contributed by atoms with Gasteiger partial charge in [0.2, 0.25) is 0 Å². The topological polar surface area (TPSA) is 70.0 Å². The minimum Gasteiger partial charge on any atom is -0.280 e. The number of nitriles is 1. The molecule has 0 aliphatic heterocycles. The molecule has 0 atom stereocenters. The van der Waals surface area contributed by atoms with E-state index >= 15 is 0 Å². The van der Waals surface area contributed by atoms with Crippen molar-refractivity contribution in [1.29, 1.82) is 5.26 Å². The number of aryl methyl sites for hydroxylation is 2. The van der Waals surface area contributed by atoms with Crippen LogP contribution in [0.15, 0.2) is 41.3 Å². The zero-order valence-electron chi connectivity index (χ0n) is 11.5. The van der Waals surface area contributed by atoms with Crippen LogP contribution in [-0.2, 0) is 10.0 Å². The maximum Gasteiger partial charge on any atom is 0.263 e. The van der Waals surface area contributed by atoms with Gasteiger partial charge in [0.25, 0.3) is 10.0 Å². The van der Waals surface area contributed by atoms with E-state index in [0.29, 0.717) is 11.3 Å². The molecular weight excluding hydrogens is 308 g/mol. The van der Waals surface area contributed by atoms with E-state index < -0.39 is 10.0 Å².